The number of hydrogen-bond donors (Lipinski definition) is 2. The molecule has 1 unspecified atom stereocenters. The number of thiocarbonyl (C=S) groups is 1. The van der Waals surface area contributed by atoms with Gasteiger partial charge in [0.25, 0.3) is 5.91 Å². The highest BCUT2D eigenvalue weighted by Gasteiger charge is 2.41. The zero-order valence-corrected chi connectivity index (χ0v) is 9.44. The van der Waals surface area contributed by atoms with Crippen molar-refractivity contribution >= 4 is 23.2 Å². The van der Waals surface area contributed by atoms with Crippen LogP contribution in [0.5, 0.6) is 0 Å². The van der Waals surface area contributed by atoms with Crippen LogP contribution in [-0.2, 0) is 10.3 Å². The third kappa shape index (κ3) is 1.61. The molecule has 0 saturated carbocycles. The summed E-state index contributed by atoms with van der Waals surface area (Å²) in [6.07, 6.45) is 0. The van der Waals surface area contributed by atoms with Gasteiger partial charge in [-0.1, -0.05) is 29.8 Å². The maximum Gasteiger partial charge on any atom is 0.256 e. The van der Waals surface area contributed by atoms with E-state index < -0.39 is 5.54 Å². The summed E-state index contributed by atoms with van der Waals surface area (Å²) in [6.45, 7) is 3.84. The maximum atomic E-state index is 11.7. The molecule has 0 radical (unpaired) electrons. The van der Waals surface area contributed by atoms with Gasteiger partial charge in [-0.25, -0.2) is 0 Å². The fourth-order valence-electron chi connectivity index (χ4n) is 1.63. The normalized spacial score (nSPS) is 24.9. The van der Waals surface area contributed by atoms with Gasteiger partial charge in [0.05, 0.1) is 0 Å². The Labute approximate surface area is 93.9 Å². The molecule has 1 aromatic carbocycles. The first-order valence-electron chi connectivity index (χ1n) is 4.73. The van der Waals surface area contributed by atoms with Gasteiger partial charge in [-0.15, -0.1) is 0 Å². The van der Waals surface area contributed by atoms with Crippen LogP contribution in [0.25, 0.3) is 0 Å². The predicted molar refractivity (Wildman–Crippen MR) is 62.4 cm³/mol. The van der Waals surface area contributed by atoms with Crippen LogP contribution in [0.15, 0.2) is 24.3 Å². The average Bonchev–Trinajstić information content (AvgIpc) is 2.42. The monoisotopic (exact) mass is 220 g/mol. The molecule has 78 valence electrons. The Morgan fingerprint density at radius 3 is 2.33 bits per heavy atom. The molecule has 1 aliphatic rings. The van der Waals surface area contributed by atoms with Crippen LogP contribution < -0.4 is 10.6 Å². The second-order valence-corrected chi connectivity index (χ2v) is 4.31. The van der Waals surface area contributed by atoms with Crippen molar-refractivity contribution in [3.05, 3.63) is 35.4 Å². The van der Waals surface area contributed by atoms with Crippen LogP contribution in [0.1, 0.15) is 18.1 Å². The summed E-state index contributed by atoms with van der Waals surface area (Å²) in [4.78, 5) is 11.7. The van der Waals surface area contributed by atoms with Crippen molar-refractivity contribution in [1.82, 2.24) is 10.6 Å². The summed E-state index contributed by atoms with van der Waals surface area (Å²) < 4.78 is 0. The Morgan fingerprint density at radius 2 is 1.87 bits per heavy atom. The van der Waals surface area contributed by atoms with E-state index in [9.17, 15) is 4.79 Å². The van der Waals surface area contributed by atoms with Crippen molar-refractivity contribution in [2.24, 2.45) is 0 Å². The number of hydrogen-bond acceptors (Lipinski definition) is 2. The largest absolute Gasteiger partial charge is 0.345 e. The fraction of sp³-hybridized carbons (Fsp3) is 0.273. The molecule has 15 heavy (non-hydrogen) atoms. The zero-order valence-electron chi connectivity index (χ0n) is 8.63. The van der Waals surface area contributed by atoms with E-state index in [1.165, 1.54) is 5.56 Å². The van der Waals surface area contributed by atoms with E-state index >= 15 is 0 Å². The average molecular weight is 220 g/mol. The van der Waals surface area contributed by atoms with Crippen molar-refractivity contribution in [3.8, 4) is 0 Å². The zero-order chi connectivity index (χ0) is 11.1. The summed E-state index contributed by atoms with van der Waals surface area (Å²) in [5.41, 5.74) is 1.36. The highest BCUT2D eigenvalue weighted by Crippen LogP contribution is 2.24. The van der Waals surface area contributed by atoms with E-state index in [-0.39, 0.29) is 5.91 Å². The van der Waals surface area contributed by atoms with Gasteiger partial charge in [0.2, 0.25) is 0 Å². The minimum atomic E-state index is -0.731. The standard InChI is InChI=1S/C11H12N2OS/c1-7-3-5-8(6-4-7)11(2)9(14)12-10(15)13-11/h3-6H,1-2H3,(H2,12,13,14,15). The topological polar surface area (TPSA) is 41.1 Å². The molecule has 0 bridgehead atoms. The number of amides is 1. The molecule has 1 heterocycles. The van der Waals surface area contributed by atoms with E-state index in [0.717, 1.165) is 5.56 Å². The molecular formula is C11H12N2OS. The molecule has 3 nitrogen and oxygen atoms in total. The lowest BCUT2D eigenvalue weighted by Gasteiger charge is -2.21. The minimum absolute atomic E-state index is 0.101. The van der Waals surface area contributed by atoms with E-state index in [1.54, 1.807) is 0 Å². The quantitative estimate of drug-likeness (QED) is 0.699. The van der Waals surface area contributed by atoms with Gasteiger partial charge in [-0.05, 0) is 31.6 Å². The van der Waals surface area contributed by atoms with E-state index in [4.69, 9.17) is 12.2 Å². The molecule has 0 aliphatic carbocycles. The third-order valence-corrected chi connectivity index (χ3v) is 2.88. The highest BCUT2D eigenvalue weighted by atomic mass is 32.1. The van der Waals surface area contributed by atoms with Crippen molar-refractivity contribution in [3.63, 3.8) is 0 Å². The summed E-state index contributed by atoms with van der Waals surface area (Å²) in [6, 6.07) is 7.85. The molecule has 0 spiro atoms. The van der Waals surface area contributed by atoms with E-state index in [2.05, 4.69) is 10.6 Å². The van der Waals surface area contributed by atoms with Crippen LogP contribution >= 0.6 is 12.2 Å². The molecule has 1 saturated heterocycles. The van der Waals surface area contributed by atoms with Gasteiger partial charge in [-0.2, -0.15) is 0 Å². The smallest absolute Gasteiger partial charge is 0.256 e. The molecule has 2 rings (SSSR count). The molecule has 2 N–H and O–H groups in total. The lowest BCUT2D eigenvalue weighted by atomic mass is 9.92. The molecule has 0 aromatic heterocycles. The van der Waals surface area contributed by atoms with Gasteiger partial charge >= 0.3 is 0 Å². The third-order valence-electron chi connectivity index (χ3n) is 2.67. The number of benzene rings is 1. The van der Waals surface area contributed by atoms with Crippen LogP contribution in [-0.4, -0.2) is 11.0 Å². The molecule has 1 aliphatic heterocycles. The Bertz CT molecular complexity index is 427. The number of rotatable bonds is 1. The Hall–Kier alpha value is -1.42. The lowest BCUT2D eigenvalue weighted by Crippen LogP contribution is -2.40. The van der Waals surface area contributed by atoms with Gasteiger partial charge in [0, 0.05) is 0 Å². The van der Waals surface area contributed by atoms with Crippen LogP contribution in [0.4, 0.5) is 0 Å². The van der Waals surface area contributed by atoms with Crippen molar-refractivity contribution in [2.45, 2.75) is 19.4 Å². The number of carbonyl (C=O) groups excluding carboxylic acids is 1. The SMILES string of the molecule is Cc1ccc(C2(C)NC(=S)NC2=O)cc1. The van der Waals surface area contributed by atoms with Crippen molar-refractivity contribution < 1.29 is 4.79 Å². The summed E-state index contributed by atoms with van der Waals surface area (Å²) in [5.74, 6) is -0.101. The predicted octanol–water partition coefficient (Wildman–Crippen LogP) is 1.21. The maximum absolute atomic E-state index is 11.7. The second kappa shape index (κ2) is 3.31. The number of carbonyl (C=O) groups is 1. The van der Waals surface area contributed by atoms with E-state index in [0.29, 0.717) is 5.11 Å². The number of aryl methyl sites for hydroxylation is 1. The first-order chi connectivity index (χ1) is 7.02. The minimum Gasteiger partial charge on any atom is -0.345 e. The molecule has 1 fully saturated rings. The van der Waals surface area contributed by atoms with Gasteiger partial charge in [-0.3, -0.25) is 4.79 Å². The summed E-state index contributed by atoms with van der Waals surface area (Å²) in [5, 5.41) is 5.98. The fourth-order valence-corrected chi connectivity index (χ4v) is 1.93. The first kappa shape index (κ1) is 10.1. The van der Waals surface area contributed by atoms with Gasteiger partial charge < -0.3 is 10.6 Å². The second-order valence-electron chi connectivity index (χ2n) is 3.90. The lowest BCUT2D eigenvalue weighted by molar-refractivity contribution is -0.123. The summed E-state index contributed by atoms with van der Waals surface area (Å²) >= 11 is 4.93. The number of nitrogens with one attached hydrogen (secondary N) is 2. The Balaban J connectivity index is 2.41. The first-order valence-corrected chi connectivity index (χ1v) is 5.14. The molecule has 1 aromatic rings. The van der Waals surface area contributed by atoms with Crippen LogP contribution in [0.2, 0.25) is 0 Å². The highest BCUT2D eigenvalue weighted by molar-refractivity contribution is 7.80. The molecule has 4 heteroatoms. The summed E-state index contributed by atoms with van der Waals surface area (Å²) in [7, 11) is 0. The molecular weight excluding hydrogens is 208 g/mol. The van der Waals surface area contributed by atoms with Crippen LogP contribution in [0.3, 0.4) is 0 Å². The van der Waals surface area contributed by atoms with Crippen molar-refractivity contribution in [2.75, 3.05) is 0 Å². The van der Waals surface area contributed by atoms with Gasteiger partial charge in [0.15, 0.2) is 5.11 Å². The van der Waals surface area contributed by atoms with E-state index in [1.807, 2.05) is 38.1 Å². The van der Waals surface area contributed by atoms with Crippen molar-refractivity contribution in [1.29, 1.82) is 0 Å². The van der Waals surface area contributed by atoms with Gasteiger partial charge in [0.1, 0.15) is 5.54 Å². The Morgan fingerprint density at radius 1 is 1.27 bits per heavy atom. The van der Waals surface area contributed by atoms with Crippen LogP contribution in [0, 0.1) is 6.92 Å². The molecule has 1 atom stereocenters. The Kier molecular flexibility index (Phi) is 2.23. The molecule has 1 amide bonds.